The first-order valence-electron chi connectivity index (χ1n) is 11.8. The number of hydrogen-bond acceptors (Lipinski definition) is 3. The average molecular weight is 441 g/mol. The van der Waals surface area contributed by atoms with Gasteiger partial charge >= 0.3 is 5.97 Å². The van der Waals surface area contributed by atoms with Crippen LogP contribution in [-0.4, -0.2) is 19.2 Å². The predicted molar refractivity (Wildman–Crippen MR) is 137 cm³/mol. The molecule has 3 heteroatoms. The van der Waals surface area contributed by atoms with Gasteiger partial charge in [-0.15, -0.1) is 0 Å². The summed E-state index contributed by atoms with van der Waals surface area (Å²) in [4.78, 5) is 11.6. The van der Waals surface area contributed by atoms with E-state index in [9.17, 15) is 4.79 Å². The maximum atomic E-state index is 11.6. The Kier molecular flexibility index (Phi) is 10.5. The Hall–Kier alpha value is -2.29. The largest absolute Gasteiger partial charge is 0.493 e. The summed E-state index contributed by atoms with van der Waals surface area (Å²) in [5.74, 6) is 0.676. The van der Waals surface area contributed by atoms with Gasteiger partial charge in [-0.1, -0.05) is 79.2 Å². The van der Waals surface area contributed by atoms with Crippen LogP contribution in [0, 0.1) is 0 Å². The van der Waals surface area contributed by atoms with E-state index < -0.39 is 0 Å². The first-order valence-corrected chi connectivity index (χ1v) is 11.8. The van der Waals surface area contributed by atoms with Crippen molar-refractivity contribution in [2.45, 2.75) is 92.9 Å². The number of carbonyl (C=O) groups is 1. The second-order valence-electron chi connectivity index (χ2n) is 10.5. The van der Waals surface area contributed by atoms with E-state index in [4.69, 9.17) is 9.47 Å². The molecule has 0 aromatic heterocycles. The van der Waals surface area contributed by atoms with Gasteiger partial charge in [0, 0.05) is 17.2 Å². The zero-order valence-electron chi connectivity index (χ0n) is 22.0. The van der Waals surface area contributed by atoms with Crippen molar-refractivity contribution in [3.05, 3.63) is 58.7 Å². The highest BCUT2D eigenvalue weighted by Gasteiger charge is 2.26. The molecule has 0 fully saturated rings. The van der Waals surface area contributed by atoms with Crippen LogP contribution < -0.4 is 4.74 Å². The minimum Gasteiger partial charge on any atom is -0.493 e. The third-order valence-corrected chi connectivity index (χ3v) is 5.27. The number of ether oxygens (including phenoxy) is 2. The first kappa shape index (κ1) is 27.7. The van der Waals surface area contributed by atoms with Gasteiger partial charge in [-0.25, -0.2) is 4.79 Å². The lowest BCUT2D eigenvalue weighted by molar-refractivity contribution is -0.137. The molecule has 3 nitrogen and oxygen atoms in total. The van der Waals surface area contributed by atoms with E-state index in [-0.39, 0.29) is 16.8 Å². The Balaban J connectivity index is 3.50. The van der Waals surface area contributed by atoms with Gasteiger partial charge in [-0.2, -0.15) is 0 Å². The Morgan fingerprint density at radius 2 is 1.66 bits per heavy atom. The van der Waals surface area contributed by atoms with Crippen molar-refractivity contribution in [3.8, 4) is 5.75 Å². The zero-order chi connectivity index (χ0) is 24.5. The minimum atomic E-state index is -0.311. The number of carbonyl (C=O) groups excluding carboxylic acids is 1. The number of allylic oxidation sites excluding steroid dienone is 5. The second-order valence-corrected chi connectivity index (χ2v) is 10.5. The van der Waals surface area contributed by atoms with Crippen molar-refractivity contribution in [1.29, 1.82) is 0 Å². The summed E-state index contributed by atoms with van der Waals surface area (Å²) < 4.78 is 11.4. The number of hydrogen-bond donors (Lipinski definition) is 0. The summed E-state index contributed by atoms with van der Waals surface area (Å²) in [5, 5.41) is 0. The van der Waals surface area contributed by atoms with Gasteiger partial charge in [-0.3, -0.25) is 0 Å². The van der Waals surface area contributed by atoms with E-state index in [0.717, 1.165) is 35.3 Å². The molecule has 1 rings (SSSR count). The molecule has 0 saturated carbocycles. The third kappa shape index (κ3) is 8.68. The molecule has 0 aliphatic carbocycles. The fourth-order valence-corrected chi connectivity index (χ4v) is 3.24. The molecular formula is C29H44O3. The smallest absolute Gasteiger partial charge is 0.330 e. The minimum absolute atomic E-state index is 0.0335. The van der Waals surface area contributed by atoms with Crippen molar-refractivity contribution >= 4 is 11.5 Å². The highest BCUT2D eigenvalue weighted by molar-refractivity contribution is 5.83. The molecule has 0 amide bonds. The van der Waals surface area contributed by atoms with E-state index in [0.29, 0.717) is 13.2 Å². The van der Waals surface area contributed by atoms with Crippen molar-refractivity contribution in [2.24, 2.45) is 0 Å². The maximum absolute atomic E-state index is 11.6. The highest BCUT2D eigenvalue weighted by Crippen LogP contribution is 2.41. The Morgan fingerprint density at radius 3 is 2.19 bits per heavy atom. The average Bonchev–Trinajstić information content (AvgIpc) is 2.66. The summed E-state index contributed by atoms with van der Waals surface area (Å²) in [7, 11) is 0. The van der Waals surface area contributed by atoms with Crippen LogP contribution in [0.25, 0.3) is 5.57 Å². The molecule has 0 bridgehead atoms. The summed E-state index contributed by atoms with van der Waals surface area (Å²) in [5.41, 5.74) is 5.66. The molecule has 1 aromatic rings. The quantitative estimate of drug-likeness (QED) is 0.169. The SMILES string of the molecule is CCCCOc1c(C(C)=CC=CC(C)=CC(=O)OCC)cc(C(C)(C)C)cc1C(C)(C)C. The molecule has 0 unspecified atom stereocenters. The van der Waals surface area contributed by atoms with Crippen molar-refractivity contribution in [3.63, 3.8) is 0 Å². The van der Waals surface area contributed by atoms with Crippen LogP contribution in [-0.2, 0) is 20.4 Å². The molecule has 1 aromatic carbocycles. The number of esters is 1. The number of benzene rings is 1. The van der Waals surface area contributed by atoms with Crippen molar-refractivity contribution < 1.29 is 14.3 Å². The van der Waals surface area contributed by atoms with E-state index in [1.165, 1.54) is 17.2 Å². The normalized spacial score (nSPS) is 13.6. The van der Waals surface area contributed by atoms with Crippen LogP contribution in [0.2, 0.25) is 0 Å². The zero-order valence-corrected chi connectivity index (χ0v) is 22.0. The first-order chi connectivity index (χ1) is 14.8. The third-order valence-electron chi connectivity index (χ3n) is 5.27. The fourth-order valence-electron chi connectivity index (χ4n) is 3.24. The predicted octanol–water partition coefficient (Wildman–Crippen LogP) is 7.93. The lowest BCUT2D eigenvalue weighted by atomic mass is 9.78. The number of unbranched alkanes of at least 4 members (excludes halogenated alkanes) is 1. The summed E-state index contributed by atoms with van der Waals surface area (Å²) in [6.07, 6.45) is 9.64. The van der Waals surface area contributed by atoms with E-state index in [1.54, 1.807) is 6.92 Å². The molecule has 0 atom stereocenters. The van der Waals surface area contributed by atoms with E-state index in [2.05, 4.69) is 73.6 Å². The van der Waals surface area contributed by atoms with Gasteiger partial charge < -0.3 is 9.47 Å². The van der Waals surface area contributed by atoms with Crippen molar-refractivity contribution in [1.82, 2.24) is 0 Å². The van der Waals surface area contributed by atoms with E-state index in [1.807, 2.05) is 19.1 Å². The Labute approximate surface area is 196 Å². The summed E-state index contributed by atoms with van der Waals surface area (Å²) >= 11 is 0. The van der Waals surface area contributed by atoms with Crippen LogP contribution >= 0.6 is 0 Å². The van der Waals surface area contributed by atoms with Crippen LogP contribution in [0.4, 0.5) is 0 Å². The standard InChI is InChI=1S/C29H44O3/c1-11-13-17-32-27-24(19-23(28(5,6)7)20-25(27)29(8,9)10)22(4)16-14-15-21(3)18-26(30)31-12-2/h14-16,18-20H,11-13,17H2,1-10H3. The van der Waals surface area contributed by atoms with Gasteiger partial charge in [0.25, 0.3) is 0 Å². The topological polar surface area (TPSA) is 35.5 Å². The molecule has 0 spiro atoms. The van der Waals surface area contributed by atoms with Gasteiger partial charge in [-0.05, 0) is 60.8 Å². The number of rotatable bonds is 9. The summed E-state index contributed by atoms with van der Waals surface area (Å²) in [6.45, 7) is 22.6. The lowest BCUT2D eigenvalue weighted by Crippen LogP contribution is -2.19. The van der Waals surface area contributed by atoms with Crippen LogP contribution in [0.1, 0.15) is 98.8 Å². The van der Waals surface area contributed by atoms with E-state index >= 15 is 0 Å². The maximum Gasteiger partial charge on any atom is 0.330 e. The van der Waals surface area contributed by atoms with Crippen LogP contribution in [0.5, 0.6) is 5.75 Å². The molecular weight excluding hydrogens is 396 g/mol. The van der Waals surface area contributed by atoms with Gasteiger partial charge in [0.05, 0.1) is 13.2 Å². The molecule has 178 valence electrons. The van der Waals surface area contributed by atoms with Crippen LogP contribution in [0.15, 0.2) is 42.0 Å². The van der Waals surface area contributed by atoms with Gasteiger partial charge in [0.15, 0.2) is 0 Å². The molecule has 0 aliphatic rings. The molecule has 0 radical (unpaired) electrons. The Morgan fingerprint density at radius 1 is 1.00 bits per heavy atom. The van der Waals surface area contributed by atoms with Gasteiger partial charge in [0.1, 0.15) is 5.75 Å². The molecule has 0 N–H and O–H groups in total. The van der Waals surface area contributed by atoms with Crippen molar-refractivity contribution in [2.75, 3.05) is 13.2 Å². The van der Waals surface area contributed by atoms with Crippen LogP contribution in [0.3, 0.4) is 0 Å². The lowest BCUT2D eigenvalue weighted by Gasteiger charge is -2.29. The second kappa shape index (κ2) is 12.1. The van der Waals surface area contributed by atoms with Gasteiger partial charge in [0.2, 0.25) is 0 Å². The fraction of sp³-hybridized carbons (Fsp3) is 0.552. The highest BCUT2D eigenvalue weighted by atomic mass is 16.5. The summed E-state index contributed by atoms with van der Waals surface area (Å²) in [6, 6.07) is 4.59. The molecule has 32 heavy (non-hydrogen) atoms. The molecule has 0 saturated heterocycles. The molecule has 0 heterocycles. The monoisotopic (exact) mass is 440 g/mol. The Bertz CT molecular complexity index is 856. The molecule has 0 aliphatic heterocycles.